The monoisotopic (exact) mass is 395 g/mol. The number of carbonyl (C=O) groups excluding carboxylic acids is 1. The van der Waals surface area contributed by atoms with Crippen molar-refractivity contribution in [3.8, 4) is 0 Å². The van der Waals surface area contributed by atoms with Gasteiger partial charge in [0, 0.05) is 19.2 Å². The van der Waals surface area contributed by atoms with E-state index < -0.39 is 0 Å². The predicted molar refractivity (Wildman–Crippen MR) is 94.4 cm³/mol. The molecule has 1 aliphatic rings. The van der Waals surface area contributed by atoms with Crippen LogP contribution >= 0.6 is 27.5 Å². The molecule has 120 valence electrons. The first-order valence-corrected chi connectivity index (χ1v) is 8.44. The van der Waals surface area contributed by atoms with E-state index in [1.54, 1.807) is 24.3 Å². The first kappa shape index (κ1) is 16.1. The Hall–Kier alpha value is -1.79. The van der Waals surface area contributed by atoms with Gasteiger partial charge in [0.15, 0.2) is 5.76 Å². The molecule has 1 aromatic heterocycles. The van der Waals surface area contributed by atoms with Gasteiger partial charge in [0.05, 0.1) is 21.3 Å². The Morgan fingerprint density at radius 2 is 2.09 bits per heavy atom. The van der Waals surface area contributed by atoms with Crippen LogP contribution < -0.4 is 10.3 Å². The minimum Gasteiger partial charge on any atom is -0.438 e. The molecule has 1 amide bonds. The Labute approximate surface area is 147 Å². The van der Waals surface area contributed by atoms with Crippen molar-refractivity contribution in [3.63, 3.8) is 0 Å². The van der Waals surface area contributed by atoms with Crippen molar-refractivity contribution in [1.29, 1.82) is 0 Å². The van der Waals surface area contributed by atoms with Crippen LogP contribution in [-0.4, -0.2) is 25.2 Å². The van der Waals surface area contributed by atoms with Crippen LogP contribution in [0.1, 0.15) is 29.0 Å². The van der Waals surface area contributed by atoms with Gasteiger partial charge in [-0.15, -0.1) is 0 Å². The van der Waals surface area contributed by atoms with E-state index in [1.165, 1.54) is 19.1 Å². The molecule has 0 radical (unpaired) electrons. The van der Waals surface area contributed by atoms with Crippen LogP contribution in [0.15, 0.2) is 44.3 Å². The van der Waals surface area contributed by atoms with Crippen LogP contribution in [0, 0.1) is 0 Å². The highest BCUT2D eigenvalue weighted by molar-refractivity contribution is 9.10. The van der Waals surface area contributed by atoms with E-state index in [-0.39, 0.29) is 5.91 Å². The number of nitrogens with zero attached hydrogens (tertiary/aromatic N) is 2. The van der Waals surface area contributed by atoms with Gasteiger partial charge in [-0.1, -0.05) is 23.7 Å². The second-order valence-corrected chi connectivity index (χ2v) is 6.44. The molecule has 0 spiro atoms. The van der Waals surface area contributed by atoms with E-state index in [1.807, 2.05) is 6.07 Å². The van der Waals surface area contributed by atoms with Gasteiger partial charge in [-0.2, -0.15) is 5.10 Å². The van der Waals surface area contributed by atoms with Crippen molar-refractivity contribution >= 4 is 45.5 Å². The van der Waals surface area contributed by atoms with Gasteiger partial charge in [-0.25, -0.2) is 5.43 Å². The van der Waals surface area contributed by atoms with Crippen molar-refractivity contribution in [1.82, 2.24) is 5.43 Å². The molecule has 23 heavy (non-hydrogen) atoms. The van der Waals surface area contributed by atoms with Crippen LogP contribution in [0.3, 0.4) is 0 Å². The molecular formula is C16H15BrClN3O2. The normalized spacial score (nSPS) is 14.6. The topological polar surface area (TPSA) is 57.8 Å². The summed E-state index contributed by atoms with van der Waals surface area (Å²) in [5.41, 5.74) is 2.82. The van der Waals surface area contributed by atoms with Crippen molar-refractivity contribution in [3.05, 3.63) is 51.2 Å². The number of carbonyl (C=O) groups is 1. The highest BCUT2D eigenvalue weighted by atomic mass is 79.9. The van der Waals surface area contributed by atoms with Gasteiger partial charge < -0.3 is 9.32 Å². The van der Waals surface area contributed by atoms with Crippen molar-refractivity contribution < 1.29 is 9.21 Å². The van der Waals surface area contributed by atoms with E-state index in [4.69, 9.17) is 16.0 Å². The number of rotatable bonds is 4. The predicted octanol–water partition coefficient (Wildman–Crippen LogP) is 4.06. The van der Waals surface area contributed by atoms with Gasteiger partial charge in [0.25, 0.3) is 5.91 Å². The van der Waals surface area contributed by atoms with E-state index in [9.17, 15) is 4.79 Å². The van der Waals surface area contributed by atoms with E-state index in [0.29, 0.717) is 16.3 Å². The maximum absolute atomic E-state index is 12.0. The molecule has 0 bridgehead atoms. The molecule has 5 nitrogen and oxygen atoms in total. The fraction of sp³-hybridized carbons (Fsp3) is 0.250. The van der Waals surface area contributed by atoms with Crippen molar-refractivity contribution in [2.45, 2.75) is 12.8 Å². The number of hydrogen-bond acceptors (Lipinski definition) is 4. The minimum atomic E-state index is -0.364. The van der Waals surface area contributed by atoms with E-state index in [2.05, 4.69) is 31.4 Å². The number of hydrogen-bond donors (Lipinski definition) is 1. The Balaban J connectivity index is 1.65. The average Bonchev–Trinajstić information content (AvgIpc) is 3.17. The summed E-state index contributed by atoms with van der Waals surface area (Å²) >= 11 is 9.46. The number of amides is 1. The fourth-order valence-corrected chi connectivity index (χ4v) is 3.21. The standard InChI is InChI=1S/C16H15BrClN3O2/c17-13-9-11(23-16(13)21-7-3-4-8-21)10-19-20-15(22)12-5-1-2-6-14(12)18/h1-2,5-6,9-10H,3-4,7-8H2,(H,20,22)/b19-10-. The highest BCUT2D eigenvalue weighted by Gasteiger charge is 2.19. The van der Waals surface area contributed by atoms with Crippen molar-refractivity contribution in [2.24, 2.45) is 5.10 Å². The summed E-state index contributed by atoms with van der Waals surface area (Å²) in [4.78, 5) is 14.2. The average molecular weight is 397 g/mol. The number of hydrazone groups is 1. The molecule has 0 aliphatic carbocycles. The third-order valence-corrected chi connectivity index (χ3v) is 4.46. The highest BCUT2D eigenvalue weighted by Crippen LogP contribution is 2.31. The number of benzene rings is 1. The molecule has 0 atom stereocenters. The number of halogens is 2. The fourth-order valence-electron chi connectivity index (χ4n) is 2.44. The summed E-state index contributed by atoms with van der Waals surface area (Å²) in [6.45, 7) is 1.98. The summed E-state index contributed by atoms with van der Waals surface area (Å²) < 4.78 is 6.65. The van der Waals surface area contributed by atoms with E-state index >= 15 is 0 Å². The summed E-state index contributed by atoms with van der Waals surface area (Å²) in [6, 6.07) is 8.65. The first-order valence-electron chi connectivity index (χ1n) is 7.27. The molecular weight excluding hydrogens is 382 g/mol. The van der Waals surface area contributed by atoms with Gasteiger partial charge >= 0.3 is 0 Å². The lowest BCUT2D eigenvalue weighted by Crippen LogP contribution is -2.18. The Morgan fingerprint density at radius 1 is 1.35 bits per heavy atom. The van der Waals surface area contributed by atoms with Crippen LogP contribution in [0.4, 0.5) is 5.88 Å². The zero-order valence-corrected chi connectivity index (χ0v) is 14.6. The Kier molecular flexibility index (Phi) is 5.03. The zero-order chi connectivity index (χ0) is 16.2. The smallest absolute Gasteiger partial charge is 0.272 e. The maximum Gasteiger partial charge on any atom is 0.272 e. The summed E-state index contributed by atoms with van der Waals surface area (Å²) in [6.07, 6.45) is 3.81. The lowest BCUT2D eigenvalue weighted by Gasteiger charge is -2.13. The molecule has 1 N–H and O–H groups in total. The van der Waals surface area contributed by atoms with Crippen LogP contribution in [0.2, 0.25) is 5.02 Å². The molecule has 7 heteroatoms. The number of anilines is 1. The second-order valence-electron chi connectivity index (χ2n) is 5.17. The molecule has 1 aromatic carbocycles. The van der Waals surface area contributed by atoms with Crippen LogP contribution in [0.25, 0.3) is 0 Å². The molecule has 2 heterocycles. The molecule has 0 unspecified atom stereocenters. The Morgan fingerprint density at radius 3 is 2.83 bits per heavy atom. The Bertz CT molecular complexity index is 739. The summed E-state index contributed by atoms with van der Waals surface area (Å²) in [5.74, 6) is 1.01. The SMILES string of the molecule is O=C(N/N=C\c1cc(Br)c(N2CCCC2)o1)c1ccccc1Cl. The summed E-state index contributed by atoms with van der Waals surface area (Å²) in [7, 11) is 0. The molecule has 1 aliphatic heterocycles. The lowest BCUT2D eigenvalue weighted by atomic mass is 10.2. The molecule has 3 rings (SSSR count). The third kappa shape index (κ3) is 3.76. The molecule has 1 fully saturated rings. The molecule has 0 saturated carbocycles. The van der Waals surface area contributed by atoms with Gasteiger partial charge in [-0.3, -0.25) is 4.79 Å². The van der Waals surface area contributed by atoms with E-state index in [0.717, 1.165) is 23.4 Å². The zero-order valence-electron chi connectivity index (χ0n) is 12.3. The van der Waals surface area contributed by atoms with Gasteiger partial charge in [-0.05, 0) is 40.9 Å². The second kappa shape index (κ2) is 7.19. The summed E-state index contributed by atoms with van der Waals surface area (Å²) in [5, 5.41) is 4.31. The van der Waals surface area contributed by atoms with Gasteiger partial charge in [0.1, 0.15) is 0 Å². The maximum atomic E-state index is 12.0. The molecule has 1 saturated heterocycles. The lowest BCUT2D eigenvalue weighted by molar-refractivity contribution is 0.0955. The quantitative estimate of drug-likeness (QED) is 0.626. The largest absolute Gasteiger partial charge is 0.438 e. The first-order chi connectivity index (χ1) is 11.1. The number of furan rings is 1. The van der Waals surface area contributed by atoms with Gasteiger partial charge in [0.2, 0.25) is 5.88 Å². The number of nitrogens with one attached hydrogen (secondary N) is 1. The molecule has 2 aromatic rings. The third-order valence-electron chi connectivity index (χ3n) is 3.56. The van der Waals surface area contributed by atoms with Crippen LogP contribution in [-0.2, 0) is 0 Å². The van der Waals surface area contributed by atoms with Crippen molar-refractivity contribution in [2.75, 3.05) is 18.0 Å². The minimum absolute atomic E-state index is 0.364. The van der Waals surface area contributed by atoms with Crippen LogP contribution in [0.5, 0.6) is 0 Å².